The summed E-state index contributed by atoms with van der Waals surface area (Å²) in [5.41, 5.74) is 6.16. The Morgan fingerprint density at radius 3 is 2.14 bits per heavy atom. The molecule has 192 valence electrons. The van der Waals surface area contributed by atoms with Gasteiger partial charge in [-0.25, -0.2) is 0 Å². The molecule has 2 N–H and O–H groups in total. The molecule has 3 rings (SSSR count). The molecule has 0 spiro atoms. The second-order valence-electron chi connectivity index (χ2n) is 10.6. The maximum absolute atomic E-state index is 12.4. The number of rotatable bonds is 9. The lowest BCUT2D eigenvalue weighted by Gasteiger charge is -2.23. The zero-order valence-corrected chi connectivity index (χ0v) is 23.1. The van der Waals surface area contributed by atoms with E-state index in [0.717, 1.165) is 21.8 Å². The van der Waals surface area contributed by atoms with Crippen LogP contribution in [0.1, 0.15) is 78.4 Å². The van der Waals surface area contributed by atoms with Crippen LogP contribution in [-0.2, 0) is 10.2 Å². The Bertz CT molecular complexity index is 1200. The van der Waals surface area contributed by atoms with Crippen LogP contribution in [0.25, 0.3) is 11.1 Å². The highest BCUT2D eigenvalue weighted by atomic mass is 32.1. The number of benzene rings is 2. The molecule has 0 unspecified atom stereocenters. The molecule has 0 saturated carbocycles. The molecule has 0 aliphatic rings. The maximum atomic E-state index is 12.4. The van der Waals surface area contributed by atoms with Crippen LogP contribution in [-0.4, -0.2) is 23.5 Å². The Balaban J connectivity index is 1.80. The molecular formula is C30H37NO4S. The molecule has 0 bridgehead atoms. The Morgan fingerprint density at radius 1 is 1.00 bits per heavy atom. The Labute approximate surface area is 218 Å². The average molecular weight is 508 g/mol. The van der Waals surface area contributed by atoms with Crippen LogP contribution in [0.2, 0.25) is 0 Å². The first-order chi connectivity index (χ1) is 16.9. The molecule has 0 radical (unpaired) electrons. The number of aliphatic carboxylic acids is 1. The highest BCUT2D eigenvalue weighted by Gasteiger charge is 2.23. The van der Waals surface area contributed by atoms with E-state index in [0.29, 0.717) is 4.88 Å². The predicted octanol–water partition coefficient (Wildman–Crippen LogP) is 7.31. The van der Waals surface area contributed by atoms with Crippen molar-refractivity contribution in [2.75, 3.05) is 6.54 Å². The number of carboxylic acid groups (broad SMARTS) is 1. The van der Waals surface area contributed by atoms with Crippen molar-refractivity contribution in [3.05, 3.63) is 75.0 Å². The highest BCUT2D eigenvalue weighted by molar-refractivity contribution is 7.14. The monoisotopic (exact) mass is 507 g/mol. The van der Waals surface area contributed by atoms with E-state index >= 15 is 0 Å². The summed E-state index contributed by atoms with van der Waals surface area (Å²) in [6.45, 7) is 15.2. The zero-order valence-electron chi connectivity index (χ0n) is 22.3. The third kappa shape index (κ3) is 6.76. The van der Waals surface area contributed by atoms with Crippen molar-refractivity contribution in [3.8, 4) is 16.9 Å². The Kier molecular flexibility index (Phi) is 8.62. The fourth-order valence-electron chi connectivity index (χ4n) is 4.25. The summed E-state index contributed by atoms with van der Waals surface area (Å²) in [5.74, 6) is -0.200. The molecule has 0 saturated heterocycles. The minimum atomic E-state index is -0.936. The third-order valence-electron chi connectivity index (χ3n) is 6.17. The first kappa shape index (κ1) is 27.5. The van der Waals surface area contributed by atoms with Gasteiger partial charge in [0, 0.05) is 11.4 Å². The van der Waals surface area contributed by atoms with Crippen molar-refractivity contribution in [2.45, 2.75) is 66.4 Å². The number of carbonyl (C=O) groups is 2. The number of carboxylic acids is 1. The van der Waals surface area contributed by atoms with E-state index in [2.05, 4.69) is 90.2 Å². The van der Waals surface area contributed by atoms with E-state index in [9.17, 15) is 9.59 Å². The number of carbonyl (C=O) groups excluding carboxylic acids is 1. The molecule has 36 heavy (non-hydrogen) atoms. The van der Waals surface area contributed by atoms with Gasteiger partial charge < -0.3 is 15.2 Å². The molecule has 3 aromatic rings. The zero-order chi connectivity index (χ0) is 26.6. The summed E-state index contributed by atoms with van der Waals surface area (Å²) >= 11 is 1.38. The molecule has 1 heterocycles. The molecule has 0 aliphatic carbocycles. The predicted molar refractivity (Wildman–Crippen MR) is 147 cm³/mol. The van der Waals surface area contributed by atoms with E-state index in [-0.39, 0.29) is 36.3 Å². The summed E-state index contributed by atoms with van der Waals surface area (Å²) in [7, 11) is 0. The summed E-state index contributed by atoms with van der Waals surface area (Å²) < 4.78 is 6.48. The summed E-state index contributed by atoms with van der Waals surface area (Å²) in [5, 5.41) is 11.4. The molecule has 1 amide bonds. The van der Waals surface area contributed by atoms with Gasteiger partial charge in [0.05, 0.1) is 11.3 Å². The molecule has 5 nitrogen and oxygen atoms in total. The van der Waals surface area contributed by atoms with E-state index < -0.39 is 5.97 Å². The SMILES string of the molecule is Cc1cc(O[C@@H](c2ccc(C(=O)NCCC(=O)O)s2)C(C)C)cc(C)c1-c1ccc(C(C)(C)C)cc1. The third-order valence-corrected chi connectivity index (χ3v) is 7.32. The summed E-state index contributed by atoms with van der Waals surface area (Å²) in [6.07, 6.45) is -0.303. The van der Waals surface area contributed by atoms with Gasteiger partial charge in [-0.15, -0.1) is 11.3 Å². The highest BCUT2D eigenvalue weighted by Crippen LogP contribution is 2.37. The van der Waals surface area contributed by atoms with Crippen molar-refractivity contribution in [1.29, 1.82) is 0 Å². The van der Waals surface area contributed by atoms with Crippen molar-refractivity contribution >= 4 is 23.2 Å². The first-order valence-corrected chi connectivity index (χ1v) is 13.2. The normalized spacial score (nSPS) is 12.4. The van der Waals surface area contributed by atoms with Gasteiger partial charge in [0.15, 0.2) is 0 Å². The second-order valence-corrected chi connectivity index (χ2v) is 11.8. The smallest absolute Gasteiger partial charge is 0.305 e. The standard InChI is InChI=1S/C30H37NO4S/c1-18(2)28(24-12-13-25(36-24)29(34)31-15-14-26(32)33)35-23-16-19(3)27(20(4)17-23)21-8-10-22(11-9-21)30(5,6)7/h8-13,16-18,28H,14-15H2,1-7H3,(H,31,34)(H,32,33)/t28-/m1/s1. The van der Waals surface area contributed by atoms with Crippen LogP contribution in [0, 0.1) is 19.8 Å². The minimum absolute atomic E-state index is 0.100. The minimum Gasteiger partial charge on any atom is -0.485 e. The number of aryl methyl sites for hydroxylation is 2. The van der Waals surface area contributed by atoms with Crippen LogP contribution in [0.4, 0.5) is 0 Å². The molecule has 6 heteroatoms. The van der Waals surface area contributed by atoms with Gasteiger partial charge in [0.2, 0.25) is 0 Å². The summed E-state index contributed by atoms with van der Waals surface area (Å²) in [4.78, 5) is 24.6. The lowest BCUT2D eigenvalue weighted by Crippen LogP contribution is -2.25. The van der Waals surface area contributed by atoms with E-state index in [4.69, 9.17) is 9.84 Å². The lowest BCUT2D eigenvalue weighted by atomic mass is 9.85. The van der Waals surface area contributed by atoms with Crippen LogP contribution in [0.3, 0.4) is 0 Å². The van der Waals surface area contributed by atoms with E-state index in [1.807, 2.05) is 6.07 Å². The molecule has 0 aliphatic heterocycles. The summed E-state index contributed by atoms with van der Waals surface area (Å²) in [6, 6.07) is 16.7. The maximum Gasteiger partial charge on any atom is 0.305 e. The van der Waals surface area contributed by atoms with E-state index in [1.54, 1.807) is 6.07 Å². The Hall–Kier alpha value is -3.12. The number of ether oxygens (including phenoxy) is 1. The van der Waals surface area contributed by atoms with Crippen LogP contribution in [0.5, 0.6) is 5.75 Å². The number of thiophene rings is 1. The van der Waals surface area contributed by atoms with Crippen molar-refractivity contribution in [2.24, 2.45) is 5.92 Å². The molecule has 0 fully saturated rings. The van der Waals surface area contributed by atoms with Crippen molar-refractivity contribution < 1.29 is 19.4 Å². The van der Waals surface area contributed by atoms with Crippen LogP contribution in [0.15, 0.2) is 48.5 Å². The lowest BCUT2D eigenvalue weighted by molar-refractivity contribution is -0.136. The van der Waals surface area contributed by atoms with Crippen molar-refractivity contribution in [1.82, 2.24) is 5.32 Å². The number of hydrogen-bond acceptors (Lipinski definition) is 4. The van der Waals surface area contributed by atoms with Crippen LogP contribution >= 0.6 is 11.3 Å². The van der Waals surface area contributed by atoms with Crippen molar-refractivity contribution in [3.63, 3.8) is 0 Å². The molecule has 2 aromatic carbocycles. The number of nitrogens with one attached hydrogen (secondary N) is 1. The fraction of sp³-hybridized carbons (Fsp3) is 0.400. The number of amides is 1. The topological polar surface area (TPSA) is 75.6 Å². The molecular weight excluding hydrogens is 470 g/mol. The van der Waals surface area contributed by atoms with Gasteiger partial charge >= 0.3 is 5.97 Å². The Morgan fingerprint density at radius 2 is 1.61 bits per heavy atom. The quantitative estimate of drug-likeness (QED) is 0.318. The average Bonchev–Trinajstić information content (AvgIpc) is 3.26. The first-order valence-electron chi connectivity index (χ1n) is 12.4. The molecule has 1 atom stereocenters. The van der Waals surface area contributed by atoms with Gasteiger partial charge in [0.25, 0.3) is 5.91 Å². The largest absolute Gasteiger partial charge is 0.485 e. The van der Waals surface area contributed by atoms with Gasteiger partial charge in [-0.2, -0.15) is 0 Å². The van der Waals surface area contributed by atoms with Gasteiger partial charge in [-0.05, 0) is 77.3 Å². The van der Waals surface area contributed by atoms with Gasteiger partial charge in [-0.3, -0.25) is 9.59 Å². The van der Waals surface area contributed by atoms with Crippen LogP contribution < -0.4 is 10.1 Å². The number of hydrogen-bond donors (Lipinski definition) is 2. The molecule has 1 aromatic heterocycles. The van der Waals surface area contributed by atoms with Gasteiger partial charge in [-0.1, -0.05) is 58.9 Å². The fourth-order valence-corrected chi connectivity index (χ4v) is 5.38. The van der Waals surface area contributed by atoms with Gasteiger partial charge in [0.1, 0.15) is 11.9 Å². The van der Waals surface area contributed by atoms with E-state index in [1.165, 1.54) is 28.0 Å². The second kappa shape index (κ2) is 11.3.